The van der Waals surface area contributed by atoms with E-state index >= 15 is 0 Å². The molecular weight excluding hydrogens is 436 g/mol. The van der Waals surface area contributed by atoms with E-state index in [1.54, 1.807) is 0 Å². The Kier molecular flexibility index (Phi) is 8.66. The molecule has 2 saturated heterocycles. The van der Waals surface area contributed by atoms with E-state index in [0.29, 0.717) is 51.6 Å². The van der Waals surface area contributed by atoms with Crippen LogP contribution in [0, 0.1) is 5.92 Å². The number of hydrogen-bond acceptors (Lipinski definition) is 5. The van der Waals surface area contributed by atoms with E-state index in [2.05, 4.69) is 5.32 Å². The third kappa shape index (κ3) is 5.75. The van der Waals surface area contributed by atoms with Gasteiger partial charge < -0.3 is 26.0 Å². The number of carbonyl (C=O) groups excluding carboxylic acids is 3. The summed E-state index contributed by atoms with van der Waals surface area (Å²) in [7, 11) is 0. The van der Waals surface area contributed by atoms with Gasteiger partial charge in [-0.05, 0) is 43.6 Å². The maximum absolute atomic E-state index is 13.6. The fourth-order valence-corrected chi connectivity index (χ4v) is 4.85. The van der Waals surface area contributed by atoms with Crippen molar-refractivity contribution in [2.24, 2.45) is 11.7 Å². The molecule has 186 valence electrons. The van der Waals surface area contributed by atoms with Crippen molar-refractivity contribution < 1.29 is 24.3 Å². The minimum atomic E-state index is -1.01. The Labute approximate surface area is 200 Å². The Morgan fingerprint density at radius 1 is 1.06 bits per heavy atom. The van der Waals surface area contributed by atoms with E-state index in [9.17, 15) is 24.3 Å². The molecule has 5 unspecified atom stereocenters. The largest absolute Gasteiger partial charge is 0.480 e. The van der Waals surface area contributed by atoms with Crippen LogP contribution in [0.3, 0.4) is 0 Å². The van der Waals surface area contributed by atoms with Crippen molar-refractivity contribution >= 4 is 23.7 Å². The van der Waals surface area contributed by atoms with Gasteiger partial charge in [-0.15, -0.1) is 0 Å². The van der Waals surface area contributed by atoms with Gasteiger partial charge in [-0.25, -0.2) is 4.79 Å². The summed E-state index contributed by atoms with van der Waals surface area (Å²) in [5, 5.41) is 12.3. The average Bonchev–Trinajstić information content (AvgIpc) is 3.52. The molecule has 9 nitrogen and oxygen atoms in total. The van der Waals surface area contributed by atoms with E-state index in [-0.39, 0.29) is 17.7 Å². The van der Waals surface area contributed by atoms with Gasteiger partial charge in [0.05, 0.1) is 6.04 Å². The van der Waals surface area contributed by atoms with Crippen LogP contribution in [-0.4, -0.2) is 75.9 Å². The van der Waals surface area contributed by atoms with Crippen molar-refractivity contribution in [2.45, 2.75) is 76.5 Å². The number of hydrogen-bond donors (Lipinski definition) is 3. The highest BCUT2D eigenvalue weighted by Crippen LogP contribution is 2.26. The molecule has 0 aliphatic carbocycles. The first-order chi connectivity index (χ1) is 16.2. The molecule has 34 heavy (non-hydrogen) atoms. The number of nitrogens with one attached hydrogen (secondary N) is 1. The molecule has 3 amide bonds. The Balaban J connectivity index is 1.71. The van der Waals surface area contributed by atoms with Crippen LogP contribution in [0.5, 0.6) is 0 Å². The molecule has 0 spiro atoms. The predicted molar refractivity (Wildman–Crippen MR) is 127 cm³/mol. The number of benzene rings is 1. The van der Waals surface area contributed by atoms with E-state index in [1.807, 2.05) is 44.2 Å². The molecule has 0 radical (unpaired) electrons. The first-order valence-electron chi connectivity index (χ1n) is 12.2. The third-order valence-electron chi connectivity index (χ3n) is 7.05. The molecule has 5 atom stereocenters. The van der Waals surface area contributed by atoms with Crippen molar-refractivity contribution in [1.82, 2.24) is 15.1 Å². The highest BCUT2D eigenvalue weighted by atomic mass is 16.4. The first-order valence-corrected chi connectivity index (χ1v) is 12.2. The van der Waals surface area contributed by atoms with Gasteiger partial charge in [-0.2, -0.15) is 0 Å². The van der Waals surface area contributed by atoms with Crippen LogP contribution < -0.4 is 11.1 Å². The molecule has 1 aromatic carbocycles. The van der Waals surface area contributed by atoms with Gasteiger partial charge in [0.25, 0.3) is 0 Å². The summed E-state index contributed by atoms with van der Waals surface area (Å²) < 4.78 is 0. The first kappa shape index (κ1) is 25.7. The molecule has 1 aromatic rings. The van der Waals surface area contributed by atoms with E-state index in [0.717, 1.165) is 5.56 Å². The Morgan fingerprint density at radius 3 is 2.29 bits per heavy atom. The molecule has 4 N–H and O–H groups in total. The maximum atomic E-state index is 13.6. The van der Waals surface area contributed by atoms with Crippen LogP contribution in [0.1, 0.15) is 51.5 Å². The highest BCUT2D eigenvalue weighted by molar-refractivity contribution is 5.95. The van der Waals surface area contributed by atoms with E-state index in [1.165, 1.54) is 9.80 Å². The van der Waals surface area contributed by atoms with Crippen molar-refractivity contribution in [3.05, 3.63) is 35.9 Å². The van der Waals surface area contributed by atoms with Crippen molar-refractivity contribution in [1.29, 1.82) is 0 Å². The van der Waals surface area contributed by atoms with E-state index in [4.69, 9.17) is 5.73 Å². The fraction of sp³-hybridized carbons (Fsp3) is 0.600. The Bertz CT molecular complexity index is 893. The van der Waals surface area contributed by atoms with Crippen molar-refractivity contribution in [3.8, 4) is 0 Å². The second-order valence-corrected chi connectivity index (χ2v) is 9.39. The fourth-order valence-electron chi connectivity index (χ4n) is 4.85. The molecule has 2 aliphatic rings. The van der Waals surface area contributed by atoms with E-state index < -0.39 is 36.0 Å². The number of nitrogens with zero attached hydrogens (tertiary/aromatic N) is 2. The molecule has 2 heterocycles. The lowest BCUT2D eigenvalue weighted by atomic mass is 9.96. The number of carboxylic acid groups (broad SMARTS) is 1. The molecular formula is C25H36N4O5. The van der Waals surface area contributed by atoms with Crippen molar-refractivity contribution in [3.63, 3.8) is 0 Å². The number of rotatable bonds is 9. The highest BCUT2D eigenvalue weighted by Gasteiger charge is 2.44. The number of amides is 3. The SMILES string of the molecule is CCC(C)C(NC(=O)C(N)Cc1ccccc1)C(=O)N1CCCC1C(=O)N1CCCC1C(=O)O. The lowest BCUT2D eigenvalue weighted by molar-refractivity contribution is -0.152. The van der Waals surface area contributed by atoms with Crippen LogP contribution >= 0.6 is 0 Å². The third-order valence-corrected chi connectivity index (χ3v) is 7.05. The molecule has 9 heteroatoms. The summed E-state index contributed by atoms with van der Waals surface area (Å²) in [6, 6.07) is 6.29. The van der Waals surface area contributed by atoms with Crippen LogP contribution in [0.4, 0.5) is 0 Å². The standard InChI is InChI=1S/C25H36N4O5/c1-3-16(2)21(27-22(30)18(26)15-17-9-5-4-6-10-17)24(32)28-13-7-11-19(28)23(31)29-14-8-12-20(29)25(33)34/h4-6,9-10,16,18-21H,3,7-8,11-15,26H2,1-2H3,(H,27,30)(H,33,34). The van der Waals surface area contributed by atoms with Gasteiger partial charge in [0.1, 0.15) is 18.1 Å². The van der Waals surface area contributed by atoms with Gasteiger partial charge in [0.2, 0.25) is 17.7 Å². The lowest BCUT2D eigenvalue weighted by Crippen LogP contribution is -2.58. The molecule has 0 saturated carbocycles. The quantitative estimate of drug-likeness (QED) is 0.494. The maximum Gasteiger partial charge on any atom is 0.326 e. The Hall–Kier alpha value is -2.94. The number of aliphatic carboxylic acids is 1. The minimum absolute atomic E-state index is 0.157. The topological polar surface area (TPSA) is 133 Å². The number of nitrogens with two attached hydrogens (primary N) is 1. The zero-order chi connectivity index (χ0) is 24.8. The number of carbonyl (C=O) groups is 4. The predicted octanol–water partition coefficient (Wildman–Crippen LogP) is 1.15. The van der Waals surface area contributed by atoms with Gasteiger partial charge in [-0.3, -0.25) is 14.4 Å². The smallest absolute Gasteiger partial charge is 0.326 e. The summed E-state index contributed by atoms with van der Waals surface area (Å²) in [6.45, 7) is 4.61. The van der Waals surface area contributed by atoms with Gasteiger partial charge in [-0.1, -0.05) is 50.6 Å². The second kappa shape index (κ2) is 11.5. The normalized spacial score (nSPS) is 22.8. The molecule has 3 rings (SSSR count). The summed E-state index contributed by atoms with van der Waals surface area (Å²) >= 11 is 0. The van der Waals surface area contributed by atoms with Gasteiger partial charge in [0.15, 0.2) is 0 Å². The van der Waals surface area contributed by atoms with Gasteiger partial charge in [0, 0.05) is 13.1 Å². The summed E-state index contributed by atoms with van der Waals surface area (Å²) in [6.07, 6.45) is 3.21. The van der Waals surface area contributed by atoms with Crippen LogP contribution in [0.2, 0.25) is 0 Å². The van der Waals surface area contributed by atoms with Crippen molar-refractivity contribution in [2.75, 3.05) is 13.1 Å². The second-order valence-electron chi connectivity index (χ2n) is 9.39. The lowest BCUT2D eigenvalue weighted by Gasteiger charge is -2.34. The van der Waals surface area contributed by atoms with Crippen LogP contribution in [0.25, 0.3) is 0 Å². The zero-order valence-electron chi connectivity index (χ0n) is 20.0. The molecule has 0 bridgehead atoms. The summed E-state index contributed by atoms with van der Waals surface area (Å²) in [5.74, 6) is -2.20. The minimum Gasteiger partial charge on any atom is -0.480 e. The molecule has 2 aliphatic heterocycles. The molecule has 0 aromatic heterocycles. The van der Waals surface area contributed by atoms with Gasteiger partial charge >= 0.3 is 5.97 Å². The van der Waals surface area contributed by atoms with Crippen LogP contribution in [-0.2, 0) is 25.6 Å². The Morgan fingerprint density at radius 2 is 1.68 bits per heavy atom. The summed E-state index contributed by atoms with van der Waals surface area (Å²) in [5.41, 5.74) is 7.07. The zero-order valence-corrected chi connectivity index (χ0v) is 20.0. The number of likely N-dealkylation sites (tertiary alicyclic amines) is 2. The molecule has 2 fully saturated rings. The monoisotopic (exact) mass is 472 g/mol. The van der Waals surface area contributed by atoms with Crippen LogP contribution in [0.15, 0.2) is 30.3 Å². The average molecular weight is 473 g/mol. The summed E-state index contributed by atoms with van der Waals surface area (Å²) in [4.78, 5) is 54.2. The number of carboxylic acids is 1.